The Morgan fingerprint density at radius 1 is 1.50 bits per heavy atom. The molecule has 1 heterocycles. The monoisotopic (exact) mass is 200 g/mol. The molecule has 2 bridgehead atoms. The second-order valence-corrected chi connectivity index (χ2v) is 6.07. The summed E-state index contributed by atoms with van der Waals surface area (Å²) in [5, 5.41) is 0.714. The predicted molar refractivity (Wildman–Crippen MR) is 54.2 cm³/mol. The molecule has 0 aromatic carbocycles. The van der Waals surface area contributed by atoms with Gasteiger partial charge in [-0.25, -0.2) is 0 Å². The summed E-state index contributed by atoms with van der Waals surface area (Å²) in [6.07, 6.45) is 3.25. The number of hydrogen-bond donors (Lipinski definition) is 0. The highest BCUT2D eigenvalue weighted by molar-refractivity contribution is 8.23. The van der Waals surface area contributed by atoms with Crippen molar-refractivity contribution in [3.8, 4) is 0 Å². The molecule has 0 spiro atoms. The molecule has 0 amide bonds. The van der Waals surface area contributed by atoms with Gasteiger partial charge in [0.15, 0.2) is 0 Å². The summed E-state index contributed by atoms with van der Waals surface area (Å²) >= 11 is 6.90. The number of thioether (sulfide) groups is 1. The molecule has 0 aromatic rings. The number of ether oxygens (including phenoxy) is 1. The van der Waals surface area contributed by atoms with Gasteiger partial charge in [0.2, 0.25) is 4.38 Å². The first-order valence-electron chi connectivity index (χ1n) is 4.63. The fraction of sp³-hybridized carbons (Fsp3) is 0.889. The molecule has 3 rings (SSSR count). The van der Waals surface area contributed by atoms with E-state index in [9.17, 15) is 0 Å². The van der Waals surface area contributed by atoms with Crippen LogP contribution in [0.25, 0.3) is 0 Å². The Hall–Kier alpha value is 0.240. The number of rotatable bonds is 0. The van der Waals surface area contributed by atoms with Crippen LogP contribution in [-0.2, 0) is 4.74 Å². The van der Waals surface area contributed by atoms with Crippen LogP contribution in [0.5, 0.6) is 0 Å². The predicted octanol–water partition coefficient (Wildman–Crippen LogP) is 2.45. The molecule has 5 unspecified atom stereocenters. The molecular weight excluding hydrogens is 188 g/mol. The topological polar surface area (TPSA) is 9.23 Å². The smallest absolute Gasteiger partial charge is 0.220 e. The van der Waals surface area contributed by atoms with Crippen molar-refractivity contribution in [2.75, 3.05) is 0 Å². The zero-order valence-electron chi connectivity index (χ0n) is 7.03. The molecule has 1 saturated heterocycles. The SMILES string of the molecule is CC1CC2CC1C1SC(=S)OC21. The van der Waals surface area contributed by atoms with Gasteiger partial charge in [-0.3, -0.25) is 0 Å². The third-order valence-electron chi connectivity index (χ3n) is 3.66. The van der Waals surface area contributed by atoms with Crippen LogP contribution in [-0.4, -0.2) is 15.7 Å². The molecule has 3 heteroatoms. The Morgan fingerprint density at radius 2 is 2.33 bits per heavy atom. The molecule has 2 aliphatic carbocycles. The molecule has 0 radical (unpaired) electrons. The van der Waals surface area contributed by atoms with Crippen molar-refractivity contribution >= 4 is 28.4 Å². The first kappa shape index (κ1) is 7.63. The first-order chi connectivity index (χ1) is 5.75. The summed E-state index contributed by atoms with van der Waals surface area (Å²) in [6, 6.07) is 0. The standard InChI is InChI=1S/C9H12OS2/c1-4-2-5-3-6(4)8-7(5)10-9(11)12-8/h4-8H,2-3H2,1H3. The quantitative estimate of drug-likeness (QED) is 0.556. The molecule has 3 aliphatic rings. The highest BCUT2D eigenvalue weighted by Crippen LogP contribution is 2.56. The largest absolute Gasteiger partial charge is 0.474 e. The minimum Gasteiger partial charge on any atom is -0.474 e. The fourth-order valence-electron chi connectivity index (χ4n) is 3.14. The Morgan fingerprint density at radius 3 is 3.17 bits per heavy atom. The maximum Gasteiger partial charge on any atom is 0.220 e. The zero-order valence-corrected chi connectivity index (χ0v) is 8.66. The van der Waals surface area contributed by atoms with E-state index >= 15 is 0 Å². The van der Waals surface area contributed by atoms with Crippen molar-refractivity contribution < 1.29 is 4.74 Å². The van der Waals surface area contributed by atoms with Gasteiger partial charge in [-0.2, -0.15) is 0 Å². The summed E-state index contributed by atoms with van der Waals surface area (Å²) in [5.41, 5.74) is 0. The first-order valence-corrected chi connectivity index (χ1v) is 5.92. The summed E-state index contributed by atoms with van der Waals surface area (Å²) in [4.78, 5) is 0. The van der Waals surface area contributed by atoms with Crippen LogP contribution in [0, 0.1) is 17.8 Å². The summed E-state index contributed by atoms with van der Waals surface area (Å²) in [5.74, 6) is 2.63. The van der Waals surface area contributed by atoms with Crippen molar-refractivity contribution in [1.82, 2.24) is 0 Å². The van der Waals surface area contributed by atoms with Crippen LogP contribution < -0.4 is 0 Å². The van der Waals surface area contributed by atoms with Gasteiger partial charge in [-0.15, -0.1) is 0 Å². The van der Waals surface area contributed by atoms with Gasteiger partial charge < -0.3 is 4.74 Å². The van der Waals surface area contributed by atoms with Gasteiger partial charge in [0.1, 0.15) is 6.10 Å². The van der Waals surface area contributed by atoms with Gasteiger partial charge in [0.05, 0.1) is 5.25 Å². The van der Waals surface area contributed by atoms with Crippen LogP contribution in [0.4, 0.5) is 0 Å². The highest BCUT2D eigenvalue weighted by Gasteiger charge is 2.56. The van der Waals surface area contributed by atoms with Gasteiger partial charge in [-0.1, -0.05) is 18.7 Å². The minimum absolute atomic E-state index is 0.490. The van der Waals surface area contributed by atoms with E-state index in [1.165, 1.54) is 12.8 Å². The van der Waals surface area contributed by atoms with Crippen molar-refractivity contribution in [3.63, 3.8) is 0 Å². The van der Waals surface area contributed by atoms with Gasteiger partial charge in [0.25, 0.3) is 0 Å². The molecule has 2 saturated carbocycles. The molecule has 5 atom stereocenters. The van der Waals surface area contributed by atoms with Crippen molar-refractivity contribution in [2.24, 2.45) is 17.8 Å². The van der Waals surface area contributed by atoms with E-state index in [0.29, 0.717) is 11.4 Å². The molecule has 66 valence electrons. The maximum absolute atomic E-state index is 5.66. The minimum atomic E-state index is 0.490. The van der Waals surface area contributed by atoms with Crippen molar-refractivity contribution in [2.45, 2.75) is 31.1 Å². The number of fused-ring (bicyclic) bond motifs is 5. The van der Waals surface area contributed by atoms with Gasteiger partial charge in [0, 0.05) is 0 Å². The number of hydrogen-bond acceptors (Lipinski definition) is 3. The van der Waals surface area contributed by atoms with Crippen molar-refractivity contribution in [1.29, 1.82) is 0 Å². The van der Waals surface area contributed by atoms with E-state index in [-0.39, 0.29) is 0 Å². The molecule has 1 aliphatic heterocycles. The highest BCUT2D eigenvalue weighted by atomic mass is 32.2. The average Bonchev–Trinajstić information content (AvgIpc) is 2.57. The Kier molecular flexibility index (Phi) is 1.51. The lowest BCUT2D eigenvalue weighted by Crippen LogP contribution is -2.30. The van der Waals surface area contributed by atoms with E-state index < -0.39 is 0 Å². The molecule has 0 aromatic heterocycles. The molecule has 12 heavy (non-hydrogen) atoms. The normalized spacial score (nSPS) is 55.8. The van der Waals surface area contributed by atoms with E-state index in [1.54, 1.807) is 0 Å². The fourth-order valence-corrected chi connectivity index (χ4v) is 4.94. The third kappa shape index (κ3) is 0.841. The van der Waals surface area contributed by atoms with Crippen LogP contribution >= 0.6 is 24.0 Å². The van der Waals surface area contributed by atoms with E-state index in [4.69, 9.17) is 17.0 Å². The molecule has 3 fully saturated rings. The maximum atomic E-state index is 5.66. The van der Waals surface area contributed by atoms with Crippen molar-refractivity contribution in [3.05, 3.63) is 0 Å². The second kappa shape index (κ2) is 2.38. The van der Waals surface area contributed by atoms with Crippen LogP contribution in [0.15, 0.2) is 0 Å². The number of thiocarbonyl (C=S) groups is 1. The third-order valence-corrected chi connectivity index (χ3v) is 5.22. The summed E-state index contributed by atoms with van der Waals surface area (Å²) in [7, 11) is 0. The van der Waals surface area contributed by atoms with E-state index in [1.807, 2.05) is 11.8 Å². The second-order valence-electron chi connectivity index (χ2n) is 4.29. The lowest BCUT2D eigenvalue weighted by atomic mass is 9.88. The van der Waals surface area contributed by atoms with E-state index in [0.717, 1.165) is 22.1 Å². The van der Waals surface area contributed by atoms with Crippen LogP contribution in [0.1, 0.15) is 19.8 Å². The zero-order chi connectivity index (χ0) is 8.29. The van der Waals surface area contributed by atoms with Crippen LogP contribution in [0.3, 0.4) is 0 Å². The Labute approximate surface area is 82.2 Å². The summed E-state index contributed by atoms with van der Waals surface area (Å²) < 4.78 is 6.46. The van der Waals surface area contributed by atoms with Crippen LogP contribution in [0.2, 0.25) is 0 Å². The van der Waals surface area contributed by atoms with E-state index in [2.05, 4.69) is 6.92 Å². The lowest BCUT2D eigenvalue weighted by molar-refractivity contribution is 0.136. The average molecular weight is 200 g/mol. The molecule has 1 nitrogen and oxygen atoms in total. The lowest BCUT2D eigenvalue weighted by Gasteiger charge is -2.26. The molecule has 0 N–H and O–H groups in total. The molecular formula is C9H12OS2. The van der Waals surface area contributed by atoms with Gasteiger partial charge >= 0.3 is 0 Å². The Balaban J connectivity index is 1.90. The summed E-state index contributed by atoms with van der Waals surface area (Å²) in [6.45, 7) is 2.38. The Bertz CT molecular complexity index is 241. The van der Waals surface area contributed by atoms with Gasteiger partial charge in [-0.05, 0) is 42.8 Å².